The molecule has 3 nitrogen and oxygen atoms in total. The van der Waals surface area contributed by atoms with E-state index in [1.807, 2.05) is 35.9 Å². The lowest BCUT2D eigenvalue weighted by molar-refractivity contribution is 0.413. The van der Waals surface area contributed by atoms with Crippen LogP contribution in [0.25, 0.3) is 31.4 Å². The summed E-state index contributed by atoms with van der Waals surface area (Å²) in [5, 5.41) is 2.51. The molecule has 0 amide bonds. The molecule has 0 N–H and O–H groups in total. The van der Waals surface area contributed by atoms with E-state index >= 15 is 0 Å². The highest BCUT2D eigenvalue weighted by Crippen LogP contribution is 2.47. The van der Waals surface area contributed by atoms with Crippen LogP contribution in [0.15, 0.2) is 152 Å². The van der Waals surface area contributed by atoms with Crippen molar-refractivity contribution < 1.29 is 0 Å². The number of hydrogen-bond acceptors (Lipinski definition) is 4. The molecule has 262 valence electrons. The summed E-state index contributed by atoms with van der Waals surface area (Å²) in [6.45, 7) is 13.7. The highest BCUT2D eigenvalue weighted by atomic mass is 32.1. The van der Waals surface area contributed by atoms with Crippen molar-refractivity contribution in [1.82, 2.24) is 15.0 Å². The van der Waals surface area contributed by atoms with E-state index in [0.29, 0.717) is 0 Å². The fraction of sp³-hybridized carbons (Fsp3) is 0.204. The Labute approximate surface area is 317 Å². The van der Waals surface area contributed by atoms with Crippen LogP contribution in [-0.4, -0.2) is 15.0 Å². The van der Waals surface area contributed by atoms with E-state index in [4.69, 9.17) is 15.0 Å². The van der Waals surface area contributed by atoms with E-state index in [1.165, 1.54) is 42.4 Å². The molecule has 0 aliphatic heterocycles. The van der Waals surface area contributed by atoms with Gasteiger partial charge in [-0.3, -0.25) is 9.97 Å². The third-order valence-corrected chi connectivity index (χ3v) is 12.1. The lowest BCUT2D eigenvalue weighted by Gasteiger charge is -2.32. The van der Waals surface area contributed by atoms with E-state index in [0.717, 1.165) is 40.3 Å². The first-order valence-electron chi connectivity index (χ1n) is 18.5. The molecule has 0 spiro atoms. The van der Waals surface area contributed by atoms with Gasteiger partial charge in [0, 0.05) is 33.4 Å². The third kappa shape index (κ3) is 6.25. The van der Waals surface area contributed by atoms with Crippen LogP contribution in [0.3, 0.4) is 0 Å². The molecule has 0 aliphatic carbocycles. The standard InChI is InChI=1S/C49H45N3S/c1-33-28-35(30-38(29-33)48(5,36-19-9-7-10-20-36)41-24-13-15-26-50-41)44-46-40(39-23-17-18-34(45(39)53-46)32-47(2,3)4)31-43(52-44)49(6,37-21-11-8-12-22-37)42-25-14-16-27-51-42/h7-31H,32H2,1-6H3/t48?,49-/m1/s1. The average Bonchev–Trinajstić information content (AvgIpc) is 3.57. The van der Waals surface area contributed by atoms with Gasteiger partial charge in [-0.2, -0.15) is 0 Å². The SMILES string of the molecule is Cc1cc(-c2nc([C@](C)(c3ccccc3)c3ccccn3)cc3c2sc2c(CC(C)(C)C)cccc23)cc(C(C)(c2ccccc2)c2ccccn2)c1. The van der Waals surface area contributed by atoms with Gasteiger partial charge in [0.15, 0.2) is 0 Å². The number of nitrogens with zero attached hydrogens (tertiary/aromatic N) is 3. The summed E-state index contributed by atoms with van der Waals surface area (Å²) in [5.74, 6) is 0. The Hall–Kier alpha value is -5.45. The van der Waals surface area contributed by atoms with Crippen LogP contribution in [0, 0.1) is 12.3 Å². The summed E-state index contributed by atoms with van der Waals surface area (Å²) in [6, 6.07) is 50.1. The topological polar surface area (TPSA) is 38.7 Å². The zero-order valence-corrected chi connectivity index (χ0v) is 32.2. The predicted molar refractivity (Wildman–Crippen MR) is 223 cm³/mol. The van der Waals surface area contributed by atoms with Crippen LogP contribution in [0.2, 0.25) is 0 Å². The Morgan fingerprint density at radius 1 is 0.509 bits per heavy atom. The largest absolute Gasteiger partial charge is 0.260 e. The summed E-state index contributed by atoms with van der Waals surface area (Å²) in [7, 11) is 0. The van der Waals surface area contributed by atoms with Crippen molar-refractivity contribution in [3.8, 4) is 11.3 Å². The zero-order valence-electron chi connectivity index (χ0n) is 31.4. The van der Waals surface area contributed by atoms with Gasteiger partial charge < -0.3 is 0 Å². The Morgan fingerprint density at radius 3 is 1.72 bits per heavy atom. The Bertz CT molecular complexity index is 2450. The van der Waals surface area contributed by atoms with Gasteiger partial charge in [0.1, 0.15) is 0 Å². The Balaban J connectivity index is 1.46. The maximum atomic E-state index is 5.76. The van der Waals surface area contributed by atoms with Crippen molar-refractivity contribution in [2.45, 2.75) is 58.8 Å². The number of benzene rings is 4. The molecular weight excluding hydrogens is 663 g/mol. The number of rotatable bonds is 8. The molecule has 4 heterocycles. The lowest BCUT2D eigenvalue weighted by Crippen LogP contribution is -2.28. The molecule has 8 rings (SSSR count). The number of hydrogen-bond donors (Lipinski definition) is 0. The second-order valence-electron chi connectivity index (χ2n) is 15.9. The minimum Gasteiger partial charge on any atom is -0.260 e. The van der Waals surface area contributed by atoms with E-state index in [2.05, 4.69) is 169 Å². The van der Waals surface area contributed by atoms with Crippen molar-refractivity contribution in [2.75, 3.05) is 0 Å². The number of thiophene rings is 1. The normalized spacial score (nSPS) is 14.2. The van der Waals surface area contributed by atoms with Crippen LogP contribution in [-0.2, 0) is 17.3 Å². The minimum absolute atomic E-state index is 0.153. The quantitative estimate of drug-likeness (QED) is 0.158. The van der Waals surface area contributed by atoms with E-state index in [1.54, 1.807) is 0 Å². The molecule has 0 radical (unpaired) electrons. The minimum atomic E-state index is -0.609. The van der Waals surface area contributed by atoms with Crippen LogP contribution in [0.4, 0.5) is 0 Å². The van der Waals surface area contributed by atoms with Gasteiger partial charge in [-0.1, -0.05) is 123 Å². The third-order valence-electron chi connectivity index (χ3n) is 10.8. The summed E-state index contributed by atoms with van der Waals surface area (Å²) in [5.41, 5.74) is 10.2. The van der Waals surface area contributed by atoms with Gasteiger partial charge in [-0.05, 0) is 97.3 Å². The fourth-order valence-electron chi connectivity index (χ4n) is 7.98. The van der Waals surface area contributed by atoms with Crippen LogP contribution in [0.1, 0.15) is 79.5 Å². The highest BCUT2D eigenvalue weighted by molar-refractivity contribution is 7.26. The van der Waals surface area contributed by atoms with E-state index in [9.17, 15) is 0 Å². The molecule has 4 heteroatoms. The highest BCUT2D eigenvalue weighted by Gasteiger charge is 2.37. The fourth-order valence-corrected chi connectivity index (χ4v) is 9.28. The first-order chi connectivity index (χ1) is 25.6. The van der Waals surface area contributed by atoms with Crippen molar-refractivity contribution in [1.29, 1.82) is 0 Å². The first-order valence-corrected chi connectivity index (χ1v) is 19.3. The second kappa shape index (κ2) is 13.5. The van der Waals surface area contributed by atoms with Gasteiger partial charge >= 0.3 is 0 Å². The van der Waals surface area contributed by atoms with Crippen LogP contribution in [0.5, 0.6) is 0 Å². The molecule has 0 fully saturated rings. The molecule has 53 heavy (non-hydrogen) atoms. The zero-order chi connectivity index (χ0) is 36.8. The molecule has 0 aliphatic rings. The Morgan fingerprint density at radius 2 is 1.11 bits per heavy atom. The van der Waals surface area contributed by atoms with E-state index < -0.39 is 10.8 Å². The van der Waals surface area contributed by atoms with Crippen LogP contribution < -0.4 is 0 Å². The molecule has 0 bridgehead atoms. The van der Waals surface area contributed by atoms with Gasteiger partial charge in [0.2, 0.25) is 0 Å². The second-order valence-corrected chi connectivity index (χ2v) is 16.9. The van der Waals surface area contributed by atoms with Crippen LogP contribution >= 0.6 is 11.3 Å². The Kier molecular flexibility index (Phi) is 8.83. The van der Waals surface area contributed by atoms with Gasteiger partial charge in [-0.15, -0.1) is 11.3 Å². The first kappa shape index (κ1) is 34.6. The summed E-state index contributed by atoms with van der Waals surface area (Å²) >= 11 is 1.88. The summed E-state index contributed by atoms with van der Waals surface area (Å²) in [6.07, 6.45) is 4.79. The lowest BCUT2D eigenvalue weighted by atomic mass is 9.72. The van der Waals surface area contributed by atoms with Gasteiger partial charge in [0.25, 0.3) is 0 Å². The van der Waals surface area contributed by atoms with Gasteiger partial charge in [0.05, 0.1) is 38.3 Å². The molecule has 1 unspecified atom stereocenters. The van der Waals surface area contributed by atoms with E-state index in [-0.39, 0.29) is 5.41 Å². The monoisotopic (exact) mass is 707 g/mol. The molecule has 0 saturated carbocycles. The van der Waals surface area contributed by atoms with Gasteiger partial charge in [-0.25, -0.2) is 4.98 Å². The smallest absolute Gasteiger partial charge is 0.0884 e. The molecule has 4 aromatic heterocycles. The summed E-state index contributed by atoms with van der Waals surface area (Å²) in [4.78, 5) is 15.7. The average molecular weight is 708 g/mol. The molecule has 4 aromatic carbocycles. The maximum absolute atomic E-state index is 5.76. The number of aryl methyl sites for hydroxylation is 1. The van der Waals surface area contributed by atoms with Crippen molar-refractivity contribution >= 4 is 31.5 Å². The maximum Gasteiger partial charge on any atom is 0.0884 e. The number of aromatic nitrogens is 3. The van der Waals surface area contributed by atoms with Crippen molar-refractivity contribution in [3.63, 3.8) is 0 Å². The molecule has 8 aromatic rings. The predicted octanol–water partition coefficient (Wildman–Crippen LogP) is 12.5. The van der Waals surface area contributed by atoms with Crippen molar-refractivity contribution in [3.05, 3.63) is 197 Å². The number of pyridine rings is 3. The van der Waals surface area contributed by atoms with Crippen molar-refractivity contribution in [2.24, 2.45) is 5.41 Å². The molecule has 0 saturated heterocycles. The number of fused-ring (bicyclic) bond motifs is 3. The molecular formula is C49H45N3S. The molecule has 2 atom stereocenters. The summed E-state index contributed by atoms with van der Waals surface area (Å²) < 4.78 is 2.55.